The lowest BCUT2D eigenvalue weighted by Crippen LogP contribution is -2.79. The molecule has 7 nitrogen and oxygen atoms in total. The van der Waals surface area contributed by atoms with Crippen LogP contribution in [0.2, 0.25) is 0 Å². The molecule has 1 saturated heterocycles. The van der Waals surface area contributed by atoms with Crippen LogP contribution in [0.4, 0.5) is 0 Å². The van der Waals surface area contributed by atoms with Gasteiger partial charge < -0.3 is 19.1 Å². The van der Waals surface area contributed by atoms with E-state index in [9.17, 15) is 9.59 Å². The Hall–Kier alpha value is -4.10. The topological polar surface area (TPSA) is 68.3 Å². The third kappa shape index (κ3) is 5.23. The van der Waals surface area contributed by atoms with Gasteiger partial charge in [-0.1, -0.05) is 80.6 Å². The van der Waals surface area contributed by atoms with Crippen LogP contribution in [0.3, 0.4) is 0 Å². The van der Waals surface area contributed by atoms with E-state index in [1.165, 1.54) is 18.1 Å². The predicted molar refractivity (Wildman–Crippen MR) is 182 cm³/mol. The fourth-order valence-corrected chi connectivity index (χ4v) is 9.30. The highest BCUT2D eigenvalue weighted by atomic mass is 16.6. The summed E-state index contributed by atoms with van der Waals surface area (Å²) in [6.45, 7) is 8.18. The number of hydrogen-bond donors (Lipinski definition) is 0. The van der Waals surface area contributed by atoms with E-state index in [4.69, 9.17) is 14.2 Å². The van der Waals surface area contributed by atoms with Crippen LogP contribution in [0, 0.1) is 5.92 Å². The van der Waals surface area contributed by atoms with Crippen LogP contribution in [0.25, 0.3) is 6.08 Å². The summed E-state index contributed by atoms with van der Waals surface area (Å²) >= 11 is 0. The summed E-state index contributed by atoms with van der Waals surface area (Å²) in [4.78, 5) is 31.9. The van der Waals surface area contributed by atoms with E-state index >= 15 is 0 Å². The second kappa shape index (κ2) is 12.5. The lowest BCUT2D eigenvalue weighted by molar-refractivity contribution is -0.224. The number of carbonyl (C=O) groups is 2. The maximum Gasteiger partial charge on any atom is 0.303 e. The SMILES string of the molecule is COc1ccc2c3c1OC1C(N(CC(C)C)C(=O)/C=C/c4ccccc4)CC[C@@]4(OC(C)=O)[C@@H](C2)N(CCc2ccccc2)CC[C@]314. The summed E-state index contributed by atoms with van der Waals surface area (Å²) < 4.78 is 19.7. The maximum absolute atomic E-state index is 14.2. The highest BCUT2D eigenvalue weighted by molar-refractivity contribution is 5.92. The normalized spacial score (nSPS) is 27.3. The first-order valence-electron chi connectivity index (χ1n) is 17.2. The quantitative estimate of drug-likeness (QED) is 0.195. The summed E-state index contributed by atoms with van der Waals surface area (Å²) in [6, 6.07) is 24.5. The molecule has 5 atom stereocenters. The Labute approximate surface area is 278 Å². The van der Waals surface area contributed by atoms with Gasteiger partial charge in [0.25, 0.3) is 0 Å². The van der Waals surface area contributed by atoms with Gasteiger partial charge in [-0.05, 0) is 73.4 Å². The first-order chi connectivity index (χ1) is 22.8. The molecule has 246 valence electrons. The lowest BCUT2D eigenvalue weighted by Gasteiger charge is -2.65. The van der Waals surface area contributed by atoms with E-state index in [0.717, 1.165) is 49.2 Å². The fraction of sp³-hybridized carbons (Fsp3) is 0.450. The number of ether oxygens (including phenoxy) is 3. The second-order valence-electron chi connectivity index (χ2n) is 14.1. The molecule has 2 aliphatic carbocycles. The summed E-state index contributed by atoms with van der Waals surface area (Å²) in [7, 11) is 1.68. The summed E-state index contributed by atoms with van der Waals surface area (Å²) in [5, 5.41) is 0. The van der Waals surface area contributed by atoms with Crippen molar-refractivity contribution in [1.82, 2.24) is 9.80 Å². The summed E-state index contributed by atoms with van der Waals surface area (Å²) in [5.41, 5.74) is 3.25. The number of rotatable bonds is 10. The molecule has 0 radical (unpaired) electrons. The molecule has 2 unspecified atom stereocenters. The zero-order chi connectivity index (χ0) is 32.8. The van der Waals surface area contributed by atoms with E-state index in [-0.39, 0.29) is 36.0 Å². The van der Waals surface area contributed by atoms with E-state index < -0.39 is 11.0 Å². The van der Waals surface area contributed by atoms with Crippen LogP contribution in [-0.4, -0.2) is 72.2 Å². The number of hydrogen-bond acceptors (Lipinski definition) is 6. The summed E-state index contributed by atoms with van der Waals surface area (Å²) in [5.74, 6) is 1.42. The van der Waals surface area contributed by atoms with Crippen molar-refractivity contribution in [1.29, 1.82) is 0 Å². The van der Waals surface area contributed by atoms with E-state index in [1.54, 1.807) is 13.2 Å². The summed E-state index contributed by atoms with van der Waals surface area (Å²) in [6.07, 6.45) is 7.01. The third-order valence-corrected chi connectivity index (χ3v) is 11.0. The minimum absolute atomic E-state index is 0.00464. The average Bonchev–Trinajstić information content (AvgIpc) is 3.42. The zero-order valence-corrected chi connectivity index (χ0v) is 28.0. The molecule has 7 heteroatoms. The molecular weight excluding hydrogens is 588 g/mol. The Morgan fingerprint density at radius 2 is 1.79 bits per heavy atom. The Morgan fingerprint density at radius 3 is 2.49 bits per heavy atom. The predicted octanol–water partition coefficient (Wildman–Crippen LogP) is 6.23. The molecule has 0 aromatic heterocycles. The first-order valence-corrected chi connectivity index (χ1v) is 17.2. The Kier molecular flexibility index (Phi) is 8.37. The molecule has 1 saturated carbocycles. The van der Waals surface area contributed by atoms with Crippen LogP contribution in [-0.2, 0) is 32.6 Å². The molecule has 4 aliphatic rings. The number of piperidine rings is 1. The van der Waals surface area contributed by atoms with Crippen LogP contribution in [0.1, 0.15) is 62.3 Å². The maximum atomic E-state index is 14.2. The average molecular weight is 635 g/mol. The number of nitrogens with zero attached hydrogens (tertiary/aromatic N) is 2. The number of methoxy groups -OCH3 is 1. The van der Waals surface area contributed by atoms with Crippen molar-refractivity contribution in [2.24, 2.45) is 5.92 Å². The molecular formula is C40H46N2O5. The van der Waals surface area contributed by atoms with Crippen LogP contribution in [0.15, 0.2) is 78.9 Å². The monoisotopic (exact) mass is 634 g/mol. The minimum atomic E-state index is -0.786. The van der Waals surface area contributed by atoms with Gasteiger partial charge in [0.2, 0.25) is 5.91 Å². The van der Waals surface area contributed by atoms with Gasteiger partial charge in [0, 0.05) is 31.7 Å². The smallest absolute Gasteiger partial charge is 0.303 e. The lowest BCUT2D eigenvalue weighted by atomic mass is 9.48. The first kappa shape index (κ1) is 31.5. The molecule has 2 fully saturated rings. The van der Waals surface area contributed by atoms with Crippen LogP contribution >= 0.6 is 0 Å². The second-order valence-corrected chi connectivity index (χ2v) is 14.1. The molecule has 2 aliphatic heterocycles. The van der Waals surface area contributed by atoms with Crippen LogP contribution in [0.5, 0.6) is 11.5 Å². The van der Waals surface area contributed by atoms with Gasteiger partial charge in [-0.15, -0.1) is 0 Å². The number of benzene rings is 3. The van der Waals surface area contributed by atoms with Crippen molar-refractivity contribution in [2.45, 2.75) is 82.1 Å². The largest absolute Gasteiger partial charge is 0.493 e. The van der Waals surface area contributed by atoms with Gasteiger partial charge in [0.15, 0.2) is 11.5 Å². The van der Waals surface area contributed by atoms with Gasteiger partial charge in [-0.3, -0.25) is 14.5 Å². The molecule has 3 aromatic rings. The Morgan fingerprint density at radius 1 is 1.04 bits per heavy atom. The Balaban J connectivity index is 1.32. The molecule has 7 rings (SSSR count). The van der Waals surface area contributed by atoms with Gasteiger partial charge in [0.1, 0.15) is 11.7 Å². The molecule has 1 spiro atoms. The van der Waals surface area contributed by atoms with Gasteiger partial charge >= 0.3 is 5.97 Å². The standard InChI is InChI=1S/C40H46N2O5/c1-27(2)26-42(35(44)18-15-29-11-7-5-8-12-29)32-19-21-40(47-28(3)43)34-25-31-16-17-33(45-4)37-36(31)39(40,38(32)46-37)22-24-41(34)23-20-30-13-9-6-10-14-30/h5-18,27,32,34,38H,19-26H2,1-4H3/b18-15+/t32?,34-,38?,39+,40-/m1/s1. The number of likely N-dealkylation sites (tertiary alicyclic amines) is 1. The van der Waals surface area contributed by atoms with Crippen molar-refractivity contribution < 1.29 is 23.8 Å². The van der Waals surface area contributed by atoms with Crippen molar-refractivity contribution in [2.75, 3.05) is 26.7 Å². The number of amides is 1. The van der Waals surface area contributed by atoms with Crippen molar-refractivity contribution in [3.63, 3.8) is 0 Å². The molecule has 3 aromatic carbocycles. The number of esters is 1. The zero-order valence-electron chi connectivity index (χ0n) is 28.0. The minimum Gasteiger partial charge on any atom is -0.493 e. The Bertz CT molecular complexity index is 1660. The van der Waals surface area contributed by atoms with E-state index in [0.29, 0.717) is 25.1 Å². The molecule has 2 heterocycles. The highest BCUT2D eigenvalue weighted by Gasteiger charge is 2.75. The number of carbonyl (C=O) groups excluding carboxylic acids is 2. The van der Waals surface area contributed by atoms with Gasteiger partial charge in [-0.2, -0.15) is 0 Å². The van der Waals surface area contributed by atoms with Crippen molar-refractivity contribution >= 4 is 18.0 Å². The van der Waals surface area contributed by atoms with Crippen molar-refractivity contribution in [3.05, 3.63) is 101 Å². The molecule has 2 bridgehead atoms. The molecule has 0 N–H and O–H groups in total. The van der Waals surface area contributed by atoms with Gasteiger partial charge in [0.05, 0.1) is 24.6 Å². The third-order valence-electron chi connectivity index (χ3n) is 11.0. The van der Waals surface area contributed by atoms with Gasteiger partial charge in [-0.25, -0.2) is 0 Å². The molecule has 1 amide bonds. The van der Waals surface area contributed by atoms with Crippen molar-refractivity contribution in [3.8, 4) is 11.5 Å². The van der Waals surface area contributed by atoms with E-state index in [1.807, 2.05) is 47.4 Å². The molecule has 47 heavy (non-hydrogen) atoms. The highest BCUT2D eigenvalue weighted by Crippen LogP contribution is 2.67. The fourth-order valence-electron chi connectivity index (χ4n) is 9.30. The van der Waals surface area contributed by atoms with Crippen LogP contribution < -0.4 is 9.47 Å². The van der Waals surface area contributed by atoms with E-state index in [2.05, 4.69) is 55.1 Å².